The average Bonchev–Trinajstić information content (AvgIpc) is 1.64. The Bertz CT molecular complexity index is 94.0. The van der Waals surface area contributed by atoms with Crippen LogP contribution < -0.4 is 0 Å². The molecule has 8 heavy (non-hydrogen) atoms. The van der Waals surface area contributed by atoms with Gasteiger partial charge in [0.1, 0.15) is 0 Å². The molecule has 0 spiro atoms. The summed E-state index contributed by atoms with van der Waals surface area (Å²) in [5.41, 5.74) is 0. The first-order valence-electron chi connectivity index (χ1n) is 2.33. The fourth-order valence-corrected chi connectivity index (χ4v) is 0.168. The van der Waals surface area contributed by atoms with Gasteiger partial charge in [0.15, 0.2) is 6.17 Å². The van der Waals surface area contributed by atoms with E-state index in [0.29, 0.717) is 0 Å². The maximum Gasteiger partial charge on any atom is 0.240 e. The molecule has 0 saturated carbocycles. The molecule has 0 rings (SSSR count). The molecule has 0 aromatic rings. The lowest BCUT2D eigenvalue weighted by molar-refractivity contribution is -0.525. The van der Waals surface area contributed by atoms with Gasteiger partial charge >= 0.3 is 0 Å². The molecule has 0 radical (unpaired) electrons. The Morgan fingerprint density at radius 2 is 2.00 bits per heavy atom. The molecule has 0 fully saturated rings. The normalized spacial score (nSPS) is 17.4. The fraction of sp³-hybridized carbons (Fsp3) is 1.00. The second kappa shape index (κ2) is 2.59. The molecule has 0 aromatic heterocycles. The molecular weight excluding hydrogens is 113 g/mol. The molecule has 3 nitrogen and oxygen atoms in total. The number of nitro groups is 1. The Labute approximate surface area is 46.7 Å². The van der Waals surface area contributed by atoms with E-state index in [1.165, 1.54) is 13.8 Å². The SMILES string of the molecule is CC(F)[C@H](C)[N+](=O)[O-]. The van der Waals surface area contributed by atoms with Gasteiger partial charge in [0.05, 0.1) is 0 Å². The minimum absolute atomic E-state index is 0.634. The minimum atomic E-state index is -1.36. The predicted molar refractivity (Wildman–Crippen MR) is 27.0 cm³/mol. The van der Waals surface area contributed by atoms with Gasteiger partial charge in [0.25, 0.3) is 0 Å². The number of hydrogen-bond donors (Lipinski definition) is 0. The van der Waals surface area contributed by atoms with Gasteiger partial charge in [-0.15, -0.1) is 0 Å². The molecule has 0 aliphatic heterocycles. The minimum Gasteiger partial charge on any atom is -0.264 e. The highest BCUT2D eigenvalue weighted by Crippen LogP contribution is 1.99. The molecule has 48 valence electrons. The summed E-state index contributed by atoms with van der Waals surface area (Å²) in [6, 6.07) is -1.07. The maximum absolute atomic E-state index is 11.9. The van der Waals surface area contributed by atoms with Gasteiger partial charge in [-0.3, -0.25) is 10.1 Å². The van der Waals surface area contributed by atoms with Crippen LogP contribution in [0.4, 0.5) is 4.39 Å². The molecule has 1 unspecified atom stereocenters. The van der Waals surface area contributed by atoms with Gasteiger partial charge in [-0.05, 0) is 6.92 Å². The van der Waals surface area contributed by atoms with Crippen molar-refractivity contribution in [3.05, 3.63) is 10.1 Å². The zero-order valence-corrected chi connectivity index (χ0v) is 4.80. The van der Waals surface area contributed by atoms with E-state index in [1.807, 2.05) is 0 Å². The van der Waals surface area contributed by atoms with E-state index < -0.39 is 17.1 Å². The zero-order valence-electron chi connectivity index (χ0n) is 4.80. The van der Waals surface area contributed by atoms with Crippen molar-refractivity contribution in [2.45, 2.75) is 26.1 Å². The highest BCUT2D eigenvalue weighted by atomic mass is 19.1. The van der Waals surface area contributed by atoms with Crippen LogP contribution in [0.2, 0.25) is 0 Å². The standard InChI is InChI=1S/C4H8FNO2/c1-3(5)4(2)6(7)8/h3-4H,1-2H3/t3?,4-/m0/s1. The van der Waals surface area contributed by atoms with Crippen LogP contribution in [0.25, 0.3) is 0 Å². The third kappa shape index (κ3) is 1.86. The lowest BCUT2D eigenvalue weighted by Crippen LogP contribution is -2.24. The van der Waals surface area contributed by atoms with E-state index in [1.54, 1.807) is 0 Å². The number of rotatable bonds is 2. The van der Waals surface area contributed by atoms with E-state index in [0.717, 1.165) is 0 Å². The molecule has 0 heterocycles. The quantitative estimate of drug-likeness (QED) is 0.404. The highest BCUT2D eigenvalue weighted by Gasteiger charge is 2.20. The number of alkyl halides is 1. The third-order valence-corrected chi connectivity index (χ3v) is 0.997. The number of nitrogens with zero attached hydrogens (tertiary/aromatic N) is 1. The van der Waals surface area contributed by atoms with Crippen molar-refractivity contribution in [2.24, 2.45) is 0 Å². The van der Waals surface area contributed by atoms with Crippen molar-refractivity contribution >= 4 is 0 Å². The third-order valence-electron chi connectivity index (χ3n) is 0.997. The summed E-state index contributed by atoms with van der Waals surface area (Å²) < 4.78 is 11.9. The van der Waals surface area contributed by atoms with Crippen molar-refractivity contribution in [2.75, 3.05) is 0 Å². The summed E-state index contributed by atoms with van der Waals surface area (Å²) in [6.45, 7) is 2.41. The van der Waals surface area contributed by atoms with Crippen LogP contribution in [0.15, 0.2) is 0 Å². The molecule has 0 N–H and O–H groups in total. The highest BCUT2D eigenvalue weighted by molar-refractivity contribution is 4.54. The Balaban J connectivity index is 3.64. The van der Waals surface area contributed by atoms with Crippen LogP contribution >= 0.6 is 0 Å². The summed E-state index contributed by atoms with van der Waals surface area (Å²) in [4.78, 5) is 9.07. The van der Waals surface area contributed by atoms with Crippen molar-refractivity contribution < 1.29 is 9.31 Å². The van der Waals surface area contributed by atoms with E-state index in [-0.39, 0.29) is 0 Å². The Hall–Kier alpha value is -0.670. The second-order valence-electron chi connectivity index (χ2n) is 1.70. The summed E-state index contributed by atoms with van der Waals surface area (Å²) in [5, 5.41) is 9.71. The van der Waals surface area contributed by atoms with Crippen LogP contribution in [0.5, 0.6) is 0 Å². The van der Waals surface area contributed by atoms with Crippen LogP contribution in [0.3, 0.4) is 0 Å². The monoisotopic (exact) mass is 121 g/mol. The van der Waals surface area contributed by atoms with Gasteiger partial charge in [0, 0.05) is 11.8 Å². The zero-order chi connectivity index (χ0) is 6.73. The molecule has 4 heteroatoms. The molecule has 0 aliphatic carbocycles. The molecule has 0 amide bonds. The largest absolute Gasteiger partial charge is 0.264 e. The first kappa shape index (κ1) is 7.33. The lowest BCUT2D eigenvalue weighted by atomic mass is 10.2. The smallest absolute Gasteiger partial charge is 0.240 e. The van der Waals surface area contributed by atoms with Crippen molar-refractivity contribution in [1.29, 1.82) is 0 Å². The van der Waals surface area contributed by atoms with Gasteiger partial charge in [-0.2, -0.15) is 0 Å². The van der Waals surface area contributed by atoms with E-state index in [9.17, 15) is 14.5 Å². The van der Waals surface area contributed by atoms with Crippen molar-refractivity contribution in [3.8, 4) is 0 Å². The molecule has 0 aliphatic rings. The summed E-state index contributed by atoms with van der Waals surface area (Å²) >= 11 is 0. The summed E-state index contributed by atoms with van der Waals surface area (Å²) in [6.07, 6.45) is -1.36. The molecule has 0 saturated heterocycles. The lowest BCUT2D eigenvalue weighted by Gasteiger charge is -2.01. The van der Waals surface area contributed by atoms with Crippen LogP contribution in [0, 0.1) is 10.1 Å². The number of halogens is 1. The van der Waals surface area contributed by atoms with E-state index in [2.05, 4.69) is 0 Å². The van der Waals surface area contributed by atoms with Crippen molar-refractivity contribution in [1.82, 2.24) is 0 Å². The van der Waals surface area contributed by atoms with Gasteiger partial charge in [-0.1, -0.05) is 0 Å². The van der Waals surface area contributed by atoms with Crippen LogP contribution in [-0.4, -0.2) is 17.1 Å². The van der Waals surface area contributed by atoms with Crippen molar-refractivity contribution in [3.63, 3.8) is 0 Å². The van der Waals surface area contributed by atoms with Gasteiger partial charge in [-0.25, -0.2) is 4.39 Å². The predicted octanol–water partition coefficient (Wildman–Crippen LogP) is 1.01. The molecule has 0 aromatic carbocycles. The topological polar surface area (TPSA) is 43.1 Å². The molecule has 2 atom stereocenters. The second-order valence-corrected chi connectivity index (χ2v) is 1.70. The Kier molecular flexibility index (Phi) is 2.37. The summed E-state index contributed by atoms with van der Waals surface area (Å²) in [5.74, 6) is 0. The van der Waals surface area contributed by atoms with E-state index >= 15 is 0 Å². The van der Waals surface area contributed by atoms with Crippen LogP contribution in [-0.2, 0) is 0 Å². The molecule has 0 bridgehead atoms. The number of hydrogen-bond acceptors (Lipinski definition) is 2. The van der Waals surface area contributed by atoms with Crippen LogP contribution in [0.1, 0.15) is 13.8 Å². The van der Waals surface area contributed by atoms with Gasteiger partial charge in [0.2, 0.25) is 6.04 Å². The molecular formula is C4H8FNO2. The fourth-order valence-electron chi connectivity index (χ4n) is 0.168. The first-order valence-corrected chi connectivity index (χ1v) is 2.33. The van der Waals surface area contributed by atoms with E-state index in [4.69, 9.17) is 0 Å². The Morgan fingerprint density at radius 3 is 2.00 bits per heavy atom. The Morgan fingerprint density at radius 1 is 1.62 bits per heavy atom. The first-order chi connectivity index (χ1) is 3.55. The average molecular weight is 121 g/mol. The summed E-state index contributed by atoms with van der Waals surface area (Å²) in [7, 11) is 0. The van der Waals surface area contributed by atoms with Gasteiger partial charge < -0.3 is 0 Å². The maximum atomic E-state index is 11.9.